The van der Waals surface area contributed by atoms with Gasteiger partial charge in [0.05, 0.1) is 13.2 Å². The van der Waals surface area contributed by atoms with Crippen molar-refractivity contribution in [2.24, 2.45) is 4.99 Å². The highest BCUT2D eigenvalue weighted by Gasteiger charge is 2.06. The summed E-state index contributed by atoms with van der Waals surface area (Å²) in [5.74, 6) is 1.19. The molecule has 0 aliphatic heterocycles. The summed E-state index contributed by atoms with van der Waals surface area (Å²) in [6.45, 7) is 2.42. The average Bonchev–Trinajstić information content (AvgIpc) is 2.63. The van der Waals surface area contributed by atoms with Crippen LogP contribution in [0.25, 0.3) is 0 Å². The molecule has 2 N–H and O–H groups in total. The van der Waals surface area contributed by atoms with Gasteiger partial charge in [-0.1, -0.05) is 6.07 Å². The van der Waals surface area contributed by atoms with Gasteiger partial charge in [-0.3, -0.25) is 4.79 Å². The van der Waals surface area contributed by atoms with Gasteiger partial charge in [-0.2, -0.15) is 0 Å². The van der Waals surface area contributed by atoms with Crippen molar-refractivity contribution in [3.05, 3.63) is 24.3 Å². The normalized spacial score (nSPS) is 11.2. The molecule has 0 fully saturated rings. The number of guanidine groups is 1. The van der Waals surface area contributed by atoms with Crippen molar-refractivity contribution < 1.29 is 19.0 Å². The first-order chi connectivity index (χ1) is 12.6. The second-order valence-corrected chi connectivity index (χ2v) is 5.72. The molecular weight excluding hydrogens is 336 g/mol. The SMILES string of the molecule is COCCCOc1cccc(NC(=NCC(=O)N(C)C)NCCOC)c1. The summed E-state index contributed by atoms with van der Waals surface area (Å²) >= 11 is 0. The molecule has 1 aromatic rings. The number of carbonyl (C=O) groups is 1. The van der Waals surface area contributed by atoms with E-state index in [0.717, 1.165) is 17.9 Å². The van der Waals surface area contributed by atoms with Crippen LogP contribution in [-0.2, 0) is 14.3 Å². The Morgan fingerprint density at radius 1 is 1.15 bits per heavy atom. The standard InChI is InChI=1S/C18H30N4O4/c1-22(2)17(23)14-20-18(19-9-12-25-4)21-15-7-5-8-16(13-15)26-11-6-10-24-3/h5,7-8,13H,6,9-12,14H2,1-4H3,(H2,19,20,21). The molecular formula is C18H30N4O4. The summed E-state index contributed by atoms with van der Waals surface area (Å²) < 4.78 is 15.7. The van der Waals surface area contributed by atoms with Crippen LogP contribution in [0.15, 0.2) is 29.3 Å². The molecule has 1 rings (SSSR count). The summed E-state index contributed by atoms with van der Waals surface area (Å²) in [5, 5.41) is 6.31. The van der Waals surface area contributed by atoms with E-state index in [0.29, 0.717) is 32.3 Å². The van der Waals surface area contributed by atoms with Crippen LogP contribution >= 0.6 is 0 Å². The molecule has 8 nitrogen and oxygen atoms in total. The number of ether oxygens (including phenoxy) is 3. The Labute approximate surface area is 155 Å². The zero-order valence-corrected chi connectivity index (χ0v) is 16.1. The van der Waals surface area contributed by atoms with Gasteiger partial charge in [0.2, 0.25) is 5.91 Å². The van der Waals surface area contributed by atoms with Crippen LogP contribution in [0.5, 0.6) is 5.75 Å². The predicted molar refractivity (Wildman–Crippen MR) is 103 cm³/mol. The number of benzene rings is 1. The lowest BCUT2D eigenvalue weighted by atomic mass is 10.3. The van der Waals surface area contributed by atoms with E-state index in [1.807, 2.05) is 24.3 Å². The number of nitrogens with one attached hydrogen (secondary N) is 2. The molecule has 0 radical (unpaired) electrons. The van der Waals surface area contributed by atoms with Crippen molar-refractivity contribution in [1.29, 1.82) is 0 Å². The number of amides is 1. The van der Waals surface area contributed by atoms with Crippen LogP contribution in [0.3, 0.4) is 0 Å². The van der Waals surface area contributed by atoms with Gasteiger partial charge in [0, 0.05) is 59.6 Å². The minimum atomic E-state index is -0.0759. The Hall–Kier alpha value is -2.32. The maximum atomic E-state index is 11.8. The van der Waals surface area contributed by atoms with Crippen molar-refractivity contribution >= 4 is 17.6 Å². The molecule has 0 saturated heterocycles. The Balaban J connectivity index is 2.69. The van der Waals surface area contributed by atoms with E-state index in [9.17, 15) is 4.79 Å². The smallest absolute Gasteiger partial charge is 0.243 e. The number of hydrogen-bond acceptors (Lipinski definition) is 5. The molecule has 0 unspecified atom stereocenters. The van der Waals surface area contributed by atoms with Crippen molar-refractivity contribution in [2.75, 3.05) is 66.5 Å². The van der Waals surface area contributed by atoms with Crippen LogP contribution in [0.2, 0.25) is 0 Å². The van der Waals surface area contributed by atoms with Gasteiger partial charge in [0.15, 0.2) is 5.96 Å². The molecule has 0 aromatic heterocycles. The molecule has 0 heterocycles. The molecule has 0 bridgehead atoms. The lowest BCUT2D eigenvalue weighted by molar-refractivity contribution is -0.127. The fraction of sp³-hybridized carbons (Fsp3) is 0.556. The van der Waals surface area contributed by atoms with E-state index in [2.05, 4.69) is 15.6 Å². The molecule has 1 amide bonds. The van der Waals surface area contributed by atoms with Crippen molar-refractivity contribution in [3.63, 3.8) is 0 Å². The van der Waals surface area contributed by atoms with E-state index in [-0.39, 0.29) is 12.5 Å². The van der Waals surface area contributed by atoms with E-state index in [1.165, 1.54) is 4.90 Å². The maximum Gasteiger partial charge on any atom is 0.243 e. The summed E-state index contributed by atoms with van der Waals surface area (Å²) in [6.07, 6.45) is 0.825. The minimum Gasteiger partial charge on any atom is -0.493 e. The molecule has 0 saturated carbocycles. The molecule has 1 aromatic carbocycles. The number of hydrogen-bond donors (Lipinski definition) is 2. The molecule has 8 heteroatoms. The van der Waals surface area contributed by atoms with Gasteiger partial charge in [-0.05, 0) is 12.1 Å². The third-order valence-electron chi connectivity index (χ3n) is 3.33. The molecule has 0 spiro atoms. The number of likely N-dealkylation sites (N-methyl/N-ethyl adjacent to an activating group) is 1. The average molecular weight is 366 g/mol. The van der Waals surface area contributed by atoms with Gasteiger partial charge < -0.3 is 29.7 Å². The molecule has 0 atom stereocenters. The van der Waals surface area contributed by atoms with Crippen LogP contribution in [-0.4, -0.2) is 78.0 Å². The van der Waals surface area contributed by atoms with Gasteiger partial charge in [-0.15, -0.1) is 0 Å². The van der Waals surface area contributed by atoms with E-state index in [1.54, 1.807) is 28.3 Å². The van der Waals surface area contributed by atoms with E-state index >= 15 is 0 Å². The van der Waals surface area contributed by atoms with E-state index < -0.39 is 0 Å². The van der Waals surface area contributed by atoms with Crippen molar-refractivity contribution in [3.8, 4) is 5.75 Å². The summed E-state index contributed by atoms with van der Waals surface area (Å²) in [7, 11) is 6.70. The first-order valence-corrected chi connectivity index (χ1v) is 8.53. The Morgan fingerprint density at radius 2 is 1.92 bits per heavy atom. The van der Waals surface area contributed by atoms with Gasteiger partial charge in [0.25, 0.3) is 0 Å². The van der Waals surface area contributed by atoms with Crippen LogP contribution in [0.1, 0.15) is 6.42 Å². The van der Waals surface area contributed by atoms with Crippen LogP contribution < -0.4 is 15.4 Å². The van der Waals surface area contributed by atoms with Crippen LogP contribution in [0.4, 0.5) is 5.69 Å². The number of anilines is 1. The fourth-order valence-corrected chi connectivity index (χ4v) is 1.89. The molecule has 146 valence electrons. The first kappa shape index (κ1) is 21.7. The number of aliphatic imine (C=N–C) groups is 1. The maximum absolute atomic E-state index is 11.8. The fourth-order valence-electron chi connectivity index (χ4n) is 1.89. The number of carbonyl (C=O) groups excluding carboxylic acids is 1. The number of nitrogens with zero attached hydrogens (tertiary/aromatic N) is 2. The van der Waals surface area contributed by atoms with Crippen molar-refractivity contribution in [1.82, 2.24) is 10.2 Å². The van der Waals surface area contributed by atoms with Gasteiger partial charge >= 0.3 is 0 Å². The van der Waals surface area contributed by atoms with Gasteiger partial charge in [-0.25, -0.2) is 4.99 Å². The Kier molecular flexibility index (Phi) is 10.8. The zero-order valence-electron chi connectivity index (χ0n) is 16.1. The summed E-state index contributed by atoms with van der Waals surface area (Å²) in [5.41, 5.74) is 0.815. The lowest BCUT2D eigenvalue weighted by Crippen LogP contribution is -2.35. The quantitative estimate of drug-likeness (QED) is 0.348. The molecule has 0 aliphatic rings. The number of rotatable bonds is 11. The highest BCUT2D eigenvalue weighted by molar-refractivity contribution is 5.95. The predicted octanol–water partition coefficient (Wildman–Crippen LogP) is 1.19. The highest BCUT2D eigenvalue weighted by atomic mass is 16.5. The second kappa shape index (κ2) is 13.0. The first-order valence-electron chi connectivity index (χ1n) is 8.53. The van der Waals surface area contributed by atoms with Crippen molar-refractivity contribution in [2.45, 2.75) is 6.42 Å². The second-order valence-electron chi connectivity index (χ2n) is 5.72. The largest absolute Gasteiger partial charge is 0.493 e. The monoisotopic (exact) mass is 366 g/mol. The molecule has 26 heavy (non-hydrogen) atoms. The minimum absolute atomic E-state index is 0.0581. The Bertz CT molecular complexity index is 564. The Morgan fingerprint density at radius 3 is 2.62 bits per heavy atom. The zero-order chi connectivity index (χ0) is 19.2. The molecule has 0 aliphatic carbocycles. The third kappa shape index (κ3) is 9.24. The summed E-state index contributed by atoms with van der Waals surface area (Å²) in [6, 6.07) is 7.58. The van der Waals surface area contributed by atoms with Gasteiger partial charge in [0.1, 0.15) is 12.3 Å². The lowest BCUT2D eigenvalue weighted by Gasteiger charge is -2.14. The summed E-state index contributed by atoms with van der Waals surface area (Å²) in [4.78, 5) is 17.6. The topological polar surface area (TPSA) is 84.4 Å². The number of methoxy groups -OCH3 is 2. The highest BCUT2D eigenvalue weighted by Crippen LogP contribution is 2.17. The van der Waals surface area contributed by atoms with Crippen LogP contribution in [0, 0.1) is 0 Å². The third-order valence-corrected chi connectivity index (χ3v) is 3.33. The van der Waals surface area contributed by atoms with E-state index in [4.69, 9.17) is 14.2 Å².